The van der Waals surface area contributed by atoms with Crippen LogP contribution in [-0.2, 0) is 62.1 Å². The first-order chi connectivity index (χ1) is 41.1. The van der Waals surface area contributed by atoms with Crippen LogP contribution in [0.4, 0.5) is 0 Å². The van der Waals surface area contributed by atoms with Crippen molar-refractivity contribution < 1.29 is 116 Å². The average Bonchev–Trinajstić information content (AvgIpc) is 0.939. The molecule has 6 aliphatic heterocycles. The van der Waals surface area contributed by atoms with Gasteiger partial charge in [0.15, 0.2) is 18.9 Å². The molecule has 6 heterocycles. The Hall–Kier alpha value is -1.91. The monoisotopic (exact) mass is 1260 g/mol. The van der Waals surface area contributed by atoms with Gasteiger partial charge in [0.2, 0.25) is 5.91 Å². The summed E-state index contributed by atoms with van der Waals surface area (Å²) in [4.78, 5) is 27.0. The van der Waals surface area contributed by atoms with Gasteiger partial charge in [0.25, 0.3) is 11.7 Å². The number of hydrogen-bond acceptors (Lipinski definition) is 23. The van der Waals surface area contributed by atoms with Crippen LogP contribution in [-0.4, -0.2) is 231 Å². The minimum atomic E-state index is -5.27. The molecule has 0 aromatic rings. The van der Waals surface area contributed by atoms with Crippen molar-refractivity contribution in [1.29, 1.82) is 0 Å². The van der Waals surface area contributed by atoms with Gasteiger partial charge < -0.3 is 99.6 Å². The predicted molar refractivity (Wildman–Crippen MR) is 309 cm³/mol. The number of aliphatic hydroxyl groups is 10. The number of fused-ring (bicyclic) bond motifs is 3. The van der Waals surface area contributed by atoms with Crippen molar-refractivity contribution in [2.75, 3.05) is 26.4 Å². The molecular formula is C59H108N2O24S. The third-order valence-corrected chi connectivity index (χ3v) is 17.9. The van der Waals surface area contributed by atoms with Crippen LogP contribution in [0.3, 0.4) is 0 Å². The van der Waals surface area contributed by atoms with Gasteiger partial charge in [0.05, 0.1) is 44.7 Å². The van der Waals surface area contributed by atoms with E-state index in [-0.39, 0.29) is 12.5 Å². The molecule has 0 aromatic carbocycles. The zero-order valence-corrected chi connectivity index (χ0v) is 52.0. The van der Waals surface area contributed by atoms with Crippen LogP contribution in [0, 0.1) is 5.92 Å². The zero-order chi connectivity index (χ0) is 63.0. The maximum absolute atomic E-state index is 13.7. The van der Waals surface area contributed by atoms with Crippen molar-refractivity contribution in [2.24, 2.45) is 5.92 Å². The Bertz CT molecular complexity index is 1990. The Morgan fingerprint density at radius 3 is 1.66 bits per heavy atom. The first kappa shape index (κ1) is 74.8. The van der Waals surface area contributed by atoms with Crippen LogP contribution < -0.4 is 10.6 Å². The smallest absolute Gasteiger partial charge is 0.394 e. The summed E-state index contributed by atoms with van der Waals surface area (Å²) < 4.78 is 89.2. The Labute approximate surface area is 508 Å². The molecule has 13 N–H and O–H groups in total. The third kappa shape index (κ3) is 22.7. The van der Waals surface area contributed by atoms with Gasteiger partial charge in [-0.25, -0.2) is 4.18 Å². The molecule has 6 rings (SSSR count). The average molecular weight is 1260 g/mol. The first-order valence-corrected chi connectivity index (χ1v) is 33.6. The number of carbonyl (C=O) groups excluding carboxylic acids is 2. The van der Waals surface area contributed by atoms with Crippen LogP contribution in [0.15, 0.2) is 0 Å². The lowest BCUT2D eigenvalue weighted by Crippen LogP contribution is -2.77. The van der Waals surface area contributed by atoms with Gasteiger partial charge in [-0.05, 0) is 25.7 Å². The minimum absolute atomic E-state index is 0.0293. The van der Waals surface area contributed by atoms with Gasteiger partial charge in [-0.2, -0.15) is 8.42 Å². The van der Waals surface area contributed by atoms with Crippen molar-refractivity contribution in [3.63, 3.8) is 0 Å². The van der Waals surface area contributed by atoms with E-state index < -0.39 is 177 Å². The maximum Gasteiger partial charge on any atom is 0.397 e. The van der Waals surface area contributed by atoms with E-state index in [1.807, 2.05) is 0 Å². The van der Waals surface area contributed by atoms with E-state index in [9.17, 15) is 73.6 Å². The summed E-state index contributed by atoms with van der Waals surface area (Å²) in [5, 5.41) is 114. The number of aliphatic hydroxyl groups excluding tert-OH is 10. The molecule has 0 unspecified atom stereocenters. The van der Waals surface area contributed by atoms with Crippen LogP contribution in [0.2, 0.25) is 0 Å². The van der Waals surface area contributed by atoms with Gasteiger partial charge in [-0.3, -0.25) is 14.1 Å². The molecule has 0 aliphatic carbocycles. The lowest BCUT2D eigenvalue weighted by Gasteiger charge is -2.55. The molecule has 27 heteroatoms. The molecule has 86 heavy (non-hydrogen) atoms. The Morgan fingerprint density at radius 2 is 1.16 bits per heavy atom. The minimum Gasteiger partial charge on any atom is -0.394 e. The molecule has 0 radical (unpaired) electrons. The van der Waals surface area contributed by atoms with E-state index in [0.29, 0.717) is 0 Å². The van der Waals surface area contributed by atoms with Gasteiger partial charge in [-0.1, -0.05) is 168 Å². The quantitative estimate of drug-likeness (QED) is 0.0308. The van der Waals surface area contributed by atoms with Gasteiger partial charge in [0, 0.05) is 13.3 Å². The standard InChI is InChI=1S/C59H108N2O24S/c1-5-7-9-11-13-15-17-19-21-23-25-27-29-38(30-28-26-24-22-20-18-16-14-12-10-8-6-2)34-77-55-44(60-37(4)64)53(83-56-49(71)48(70)45(67)36(3)79-56)51(42(81-55)35-78-86(74,75)76)82-57-50(72)54(47(69)41(33-63)80-57)85-59-31-39(65)43(61-58(59)73)52(84-59)46(68)40(66)32-62/h36,38-57,62-63,65-72H,5-35H2,1-4H3,(H,60,64)(H,61,73)(H,74,75,76)/t36-,39-,40+,41+,42+,43+,44+,45+,46+,47-,48+,49-,50+,51+,52+,53+,54-,55+,56-,57-,59-/m0/s1. The number of rotatable bonds is 43. The van der Waals surface area contributed by atoms with Gasteiger partial charge in [-0.15, -0.1) is 0 Å². The number of unbranched alkanes of at least 4 members (excludes halogenated alkanes) is 22. The number of nitrogens with one attached hydrogen (secondary N) is 2. The molecule has 0 aromatic heterocycles. The van der Waals surface area contributed by atoms with E-state index in [1.54, 1.807) is 0 Å². The molecule has 504 valence electrons. The molecule has 0 spiro atoms. The van der Waals surface area contributed by atoms with Crippen LogP contribution in [0.1, 0.15) is 201 Å². The summed E-state index contributed by atoms with van der Waals surface area (Å²) in [5.41, 5.74) is 0. The number of piperidine rings is 1. The molecule has 6 aliphatic rings. The van der Waals surface area contributed by atoms with Crippen molar-refractivity contribution in [2.45, 2.75) is 329 Å². The van der Waals surface area contributed by atoms with Crippen molar-refractivity contribution in [1.82, 2.24) is 10.6 Å². The van der Waals surface area contributed by atoms with Gasteiger partial charge in [0.1, 0.15) is 85.4 Å². The van der Waals surface area contributed by atoms with Crippen molar-refractivity contribution in [3.05, 3.63) is 0 Å². The molecule has 6 saturated heterocycles. The zero-order valence-electron chi connectivity index (χ0n) is 51.2. The number of amides is 2. The molecular weight excluding hydrogens is 1150 g/mol. The van der Waals surface area contributed by atoms with E-state index in [0.717, 1.165) is 64.2 Å². The van der Waals surface area contributed by atoms with Crippen LogP contribution in [0.5, 0.6) is 0 Å². The third-order valence-electron chi connectivity index (χ3n) is 17.5. The number of ether oxygens (including phenoxy) is 8. The lowest BCUT2D eigenvalue weighted by molar-refractivity contribution is -0.393. The highest BCUT2D eigenvalue weighted by Crippen LogP contribution is 2.42. The molecule has 6 fully saturated rings. The van der Waals surface area contributed by atoms with E-state index in [4.69, 9.17) is 42.1 Å². The SMILES string of the molecule is CCCCCCCCCCCCCCC(CCCCCCCCCCCCCC)CO[C@@H]1O[C@H](COS(=O)(=O)O)[C@@H](O[C@@H]2O[C@H](CO)[C@H](O)[C@H](O[C@@]34C[C@H](O)[C@@H](NC3=O)[C@H]([C@H](O)[C@H](O)CO)O4)[C@H]2O)[C@H](O[C@@H]2O[C@@H](C)[C@@H](O)[C@@H](O)[C@@H]2O)[C@H]1NC(C)=O. The molecule has 2 amide bonds. The van der Waals surface area contributed by atoms with E-state index in [2.05, 4.69) is 24.5 Å². The highest BCUT2D eigenvalue weighted by Gasteiger charge is 2.64. The predicted octanol–water partition coefficient (Wildman–Crippen LogP) is 2.33. The molecule has 2 bridgehead atoms. The Kier molecular flexibility index (Phi) is 33.2. The van der Waals surface area contributed by atoms with E-state index >= 15 is 0 Å². The summed E-state index contributed by atoms with van der Waals surface area (Å²) in [6, 6.07) is -2.82. The van der Waals surface area contributed by atoms with Gasteiger partial charge >= 0.3 is 10.4 Å². The summed E-state index contributed by atoms with van der Waals surface area (Å²) >= 11 is 0. The molecule has 0 saturated carbocycles. The topological polar surface area (TPSA) is 398 Å². The molecule has 26 nitrogen and oxygen atoms in total. The Morgan fingerprint density at radius 1 is 0.663 bits per heavy atom. The number of carbonyl (C=O) groups is 2. The highest BCUT2D eigenvalue weighted by atomic mass is 32.3. The largest absolute Gasteiger partial charge is 0.397 e. The van der Waals surface area contributed by atoms with Crippen molar-refractivity contribution in [3.8, 4) is 0 Å². The lowest BCUT2D eigenvalue weighted by atomic mass is 9.84. The fourth-order valence-electron chi connectivity index (χ4n) is 12.4. The summed E-state index contributed by atoms with van der Waals surface area (Å²) in [6.07, 6.45) is -3.53. The van der Waals surface area contributed by atoms with Crippen LogP contribution in [0.25, 0.3) is 0 Å². The fourth-order valence-corrected chi connectivity index (χ4v) is 12.7. The van der Waals surface area contributed by atoms with E-state index in [1.165, 1.54) is 117 Å². The summed E-state index contributed by atoms with van der Waals surface area (Å²) in [5.74, 6) is -4.38. The second-order valence-electron chi connectivity index (χ2n) is 24.6. The fraction of sp³-hybridized carbons (Fsp3) is 0.966. The maximum atomic E-state index is 13.7. The normalized spacial score (nSPS) is 34.8. The summed E-state index contributed by atoms with van der Waals surface area (Å²) in [7, 11) is -5.27. The Balaban J connectivity index is 1.42. The second kappa shape index (κ2) is 38.2. The number of morpholine rings is 1. The number of hydrogen-bond donors (Lipinski definition) is 13. The molecule has 21 atom stereocenters. The highest BCUT2D eigenvalue weighted by molar-refractivity contribution is 7.80. The first-order valence-electron chi connectivity index (χ1n) is 32.2. The van der Waals surface area contributed by atoms with Crippen molar-refractivity contribution >= 4 is 22.2 Å². The van der Waals surface area contributed by atoms with Crippen LogP contribution >= 0.6 is 0 Å². The summed E-state index contributed by atoms with van der Waals surface area (Å²) in [6.45, 7) is 4.00. The second-order valence-corrected chi connectivity index (χ2v) is 25.6.